The first-order valence-electron chi connectivity index (χ1n) is 13.5. The Bertz CT molecular complexity index is 786. The Kier molecular flexibility index (Phi) is 19.2. The summed E-state index contributed by atoms with van der Waals surface area (Å²) in [5.74, 6) is -3.10. The van der Waals surface area contributed by atoms with E-state index in [2.05, 4.69) is 21.3 Å². The van der Waals surface area contributed by atoms with Gasteiger partial charge < -0.3 is 43.6 Å². The molecule has 0 aliphatic carbocycles. The number of thioether (sulfide) groups is 1. The van der Waals surface area contributed by atoms with Gasteiger partial charge in [-0.2, -0.15) is 11.8 Å². The molecule has 0 rings (SSSR count). The molecule has 0 fully saturated rings. The summed E-state index contributed by atoms with van der Waals surface area (Å²) in [4.78, 5) is 62.9. The lowest BCUT2D eigenvalue weighted by atomic mass is 10.0. The van der Waals surface area contributed by atoms with Gasteiger partial charge in [0.15, 0.2) is 0 Å². The highest BCUT2D eigenvalue weighted by atomic mass is 32.2. The number of nitrogens with one attached hydrogen (secondary N) is 4. The number of hydrogen-bond donors (Lipinski definition) is 8. The maximum absolute atomic E-state index is 13.2. The monoisotopic (exact) mass is 575 g/mol. The van der Waals surface area contributed by atoms with Crippen LogP contribution in [0.15, 0.2) is 0 Å². The Hall–Kier alpha value is -2.42. The normalized spacial score (nSPS) is 15.0. The smallest absolute Gasteiger partial charge is 0.326 e. The minimum Gasteiger partial charge on any atom is -0.480 e. The van der Waals surface area contributed by atoms with Crippen LogP contribution in [0.5, 0.6) is 0 Å². The molecule has 0 aromatic heterocycles. The average Bonchev–Trinajstić information content (AvgIpc) is 2.88. The van der Waals surface area contributed by atoms with E-state index in [4.69, 9.17) is 17.2 Å². The number of carbonyl (C=O) groups excluding carboxylic acids is 4. The number of carboxylic acids is 1. The van der Waals surface area contributed by atoms with Gasteiger partial charge in [-0.05, 0) is 82.9 Å². The lowest BCUT2D eigenvalue weighted by Crippen LogP contribution is -2.59. The van der Waals surface area contributed by atoms with E-state index in [0.717, 1.165) is 0 Å². The number of aliphatic carboxylic acids is 1. The highest BCUT2D eigenvalue weighted by Crippen LogP contribution is 2.08. The molecule has 5 unspecified atom stereocenters. The SMILES string of the molecule is CSCCC(N)C(=O)NC(C)C(=O)NC(C(=O)NC(CCCCN)C(=O)NC(CCCCN)C(=O)O)C(C)C. The third kappa shape index (κ3) is 15.1. The number of carboxylic acid groups (broad SMARTS) is 1. The number of unbranched alkanes of at least 4 members (excludes halogenated alkanes) is 2. The second-order valence-electron chi connectivity index (χ2n) is 9.88. The Morgan fingerprint density at radius 3 is 1.74 bits per heavy atom. The Labute approximate surface area is 235 Å². The molecule has 39 heavy (non-hydrogen) atoms. The molecule has 0 aromatic carbocycles. The van der Waals surface area contributed by atoms with Crippen molar-refractivity contribution in [2.24, 2.45) is 23.1 Å². The standard InChI is InChI=1S/C25H49N7O6S/c1-15(2)20(32-21(33)16(3)29-22(34)17(28)11-14-39-4)24(36)30-18(9-5-7-12-26)23(35)31-19(25(37)38)10-6-8-13-27/h15-20H,5-14,26-28H2,1-4H3,(H,29,34)(H,30,36)(H,31,35)(H,32,33)(H,37,38). The highest BCUT2D eigenvalue weighted by Gasteiger charge is 2.32. The van der Waals surface area contributed by atoms with E-state index < -0.39 is 59.8 Å². The van der Waals surface area contributed by atoms with Crippen molar-refractivity contribution in [2.45, 2.75) is 95.9 Å². The maximum atomic E-state index is 13.2. The molecule has 0 spiro atoms. The molecule has 11 N–H and O–H groups in total. The van der Waals surface area contributed by atoms with Crippen LogP contribution >= 0.6 is 11.8 Å². The quantitative estimate of drug-likeness (QED) is 0.0780. The molecule has 13 nitrogen and oxygen atoms in total. The van der Waals surface area contributed by atoms with E-state index in [9.17, 15) is 29.1 Å². The van der Waals surface area contributed by atoms with E-state index in [-0.39, 0.29) is 18.8 Å². The molecular formula is C25H49N7O6S. The number of rotatable bonds is 21. The Balaban J connectivity index is 5.41. The van der Waals surface area contributed by atoms with Crippen LogP contribution in [0.3, 0.4) is 0 Å². The van der Waals surface area contributed by atoms with Crippen LogP contribution in [-0.2, 0) is 24.0 Å². The van der Waals surface area contributed by atoms with Crippen molar-refractivity contribution in [2.75, 3.05) is 25.1 Å². The molecule has 5 atom stereocenters. The fraction of sp³-hybridized carbons (Fsp3) is 0.800. The van der Waals surface area contributed by atoms with Gasteiger partial charge in [0.1, 0.15) is 24.2 Å². The maximum Gasteiger partial charge on any atom is 0.326 e. The fourth-order valence-electron chi connectivity index (χ4n) is 3.62. The molecule has 14 heteroatoms. The summed E-state index contributed by atoms with van der Waals surface area (Å²) in [5.41, 5.74) is 16.9. The zero-order chi connectivity index (χ0) is 30.0. The predicted octanol–water partition coefficient (Wildman–Crippen LogP) is -0.975. The van der Waals surface area contributed by atoms with Crippen molar-refractivity contribution in [1.29, 1.82) is 0 Å². The van der Waals surface area contributed by atoms with E-state index in [0.29, 0.717) is 50.9 Å². The molecule has 0 heterocycles. The first-order valence-corrected chi connectivity index (χ1v) is 14.9. The molecular weight excluding hydrogens is 526 g/mol. The van der Waals surface area contributed by atoms with Crippen molar-refractivity contribution in [3.8, 4) is 0 Å². The summed E-state index contributed by atoms with van der Waals surface area (Å²) in [5, 5.41) is 19.9. The zero-order valence-electron chi connectivity index (χ0n) is 23.7. The Morgan fingerprint density at radius 2 is 1.26 bits per heavy atom. The fourth-order valence-corrected chi connectivity index (χ4v) is 4.11. The first-order chi connectivity index (χ1) is 18.4. The van der Waals surface area contributed by atoms with Gasteiger partial charge in [-0.25, -0.2) is 4.79 Å². The number of carbonyl (C=O) groups is 5. The van der Waals surface area contributed by atoms with Crippen molar-refractivity contribution in [1.82, 2.24) is 21.3 Å². The molecule has 0 aliphatic rings. The first kappa shape index (κ1) is 36.6. The van der Waals surface area contributed by atoms with E-state index >= 15 is 0 Å². The van der Waals surface area contributed by atoms with Gasteiger partial charge in [0, 0.05) is 0 Å². The van der Waals surface area contributed by atoms with Crippen molar-refractivity contribution in [3.05, 3.63) is 0 Å². The summed E-state index contributed by atoms with van der Waals surface area (Å²) in [6.45, 7) is 5.76. The third-order valence-electron chi connectivity index (χ3n) is 6.11. The molecule has 226 valence electrons. The van der Waals surface area contributed by atoms with E-state index in [1.54, 1.807) is 25.6 Å². The summed E-state index contributed by atoms with van der Waals surface area (Å²) >= 11 is 1.56. The average molecular weight is 576 g/mol. The lowest BCUT2D eigenvalue weighted by molar-refractivity contribution is -0.142. The third-order valence-corrected chi connectivity index (χ3v) is 6.75. The number of hydrogen-bond acceptors (Lipinski definition) is 9. The Morgan fingerprint density at radius 1 is 0.718 bits per heavy atom. The second kappa shape index (κ2) is 20.5. The van der Waals surface area contributed by atoms with Crippen molar-refractivity contribution < 1.29 is 29.1 Å². The van der Waals surface area contributed by atoms with Crippen molar-refractivity contribution >= 4 is 41.4 Å². The molecule has 0 saturated carbocycles. The van der Waals surface area contributed by atoms with Crippen molar-refractivity contribution in [3.63, 3.8) is 0 Å². The lowest BCUT2D eigenvalue weighted by Gasteiger charge is -2.27. The highest BCUT2D eigenvalue weighted by molar-refractivity contribution is 7.98. The topological polar surface area (TPSA) is 232 Å². The van der Waals surface area contributed by atoms with Crippen LogP contribution in [0.25, 0.3) is 0 Å². The summed E-state index contributed by atoms with van der Waals surface area (Å²) in [6, 6.07) is -4.85. The van der Waals surface area contributed by atoms with Crippen LogP contribution in [0.4, 0.5) is 0 Å². The van der Waals surface area contributed by atoms with Gasteiger partial charge in [-0.15, -0.1) is 0 Å². The van der Waals surface area contributed by atoms with Gasteiger partial charge in [0.05, 0.1) is 6.04 Å². The summed E-state index contributed by atoms with van der Waals surface area (Å²) in [7, 11) is 0. The largest absolute Gasteiger partial charge is 0.480 e. The zero-order valence-corrected chi connectivity index (χ0v) is 24.5. The van der Waals surface area contributed by atoms with Crippen LogP contribution in [0.2, 0.25) is 0 Å². The van der Waals surface area contributed by atoms with Gasteiger partial charge in [-0.1, -0.05) is 13.8 Å². The van der Waals surface area contributed by atoms with Crippen LogP contribution in [0.1, 0.15) is 65.7 Å². The molecule has 0 aromatic rings. The minimum absolute atomic E-state index is 0.205. The number of nitrogens with two attached hydrogens (primary N) is 3. The van der Waals surface area contributed by atoms with E-state index in [1.165, 1.54) is 6.92 Å². The molecule has 0 aliphatic heterocycles. The van der Waals surface area contributed by atoms with Crippen LogP contribution in [-0.4, -0.2) is 90.0 Å². The van der Waals surface area contributed by atoms with Gasteiger partial charge >= 0.3 is 5.97 Å². The van der Waals surface area contributed by atoms with Crippen LogP contribution in [0, 0.1) is 5.92 Å². The molecule has 4 amide bonds. The minimum atomic E-state index is -1.18. The summed E-state index contributed by atoms with van der Waals surface area (Å²) in [6.07, 6.45) is 5.09. The van der Waals surface area contributed by atoms with Gasteiger partial charge in [0.25, 0.3) is 0 Å². The van der Waals surface area contributed by atoms with Gasteiger partial charge in [-0.3, -0.25) is 19.2 Å². The number of amides is 4. The summed E-state index contributed by atoms with van der Waals surface area (Å²) < 4.78 is 0. The van der Waals surface area contributed by atoms with Gasteiger partial charge in [0.2, 0.25) is 23.6 Å². The molecule has 0 saturated heterocycles. The molecule has 0 bridgehead atoms. The molecule has 0 radical (unpaired) electrons. The van der Waals surface area contributed by atoms with E-state index in [1.807, 2.05) is 6.26 Å². The second-order valence-corrected chi connectivity index (χ2v) is 10.9. The van der Waals surface area contributed by atoms with Crippen LogP contribution < -0.4 is 38.5 Å². The predicted molar refractivity (Wildman–Crippen MR) is 153 cm³/mol.